The molecule has 0 aliphatic rings. The molecule has 0 atom stereocenters. The fourth-order valence-electron chi connectivity index (χ4n) is 1.43. The van der Waals surface area contributed by atoms with Gasteiger partial charge in [-0.1, -0.05) is 0 Å². The number of hydrogen-bond donors (Lipinski definition) is 0. The van der Waals surface area contributed by atoms with Crippen LogP contribution in [0.4, 0.5) is 4.39 Å². The maximum Gasteiger partial charge on any atom is 0.170 e. The van der Waals surface area contributed by atoms with Crippen LogP contribution in [0.25, 0.3) is 0 Å². The van der Waals surface area contributed by atoms with E-state index in [-0.39, 0.29) is 18.0 Å². The van der Waals surface area contributed by atoms with Crippen LogP contribution in [0.3, 0.4) is 0 Å². The average Bonchev–Trinajstić information content (AvgIpc) is 2.63. The molecule has 2 aromatic rings. The smallest absolute Gasteiger partial charge is 0.170 e. The second-order valence-corrected chi connectivity index (χ2v) is 5.40. The average molecular weight is 314 g/mol. The highest BCUT2D eigenvalue weighted by Gasteiger charge is 2.13. The Bertz CT molecular complexity index is 567. The van der Waals surface area contributed by atoms with E-state index in [1.807, 2.05) is 12.3 Å². The van der Waals surface area contributed by atoms with Crippen molar-refractivity contribution >= 4 is 33.0 Å². The number of rotatable bonds is 3. The van der Waals surface area contributed by atoms with Crippen molar-refractivity contribution < 1.29 is 9.18 Å². The van der Waals surface area contributed by atoms with Gasteiger partial charge in [-0.15, -0.1) is 11.3 Å². The molecule has 0 aliphatic heterocycles. The number of carbonyl (C=O) groups is 1. The Hall–Kier alpha value is -1.07. The fraction of sp³-hybridized carbons (Fsp3) is 0.167. The van der Waals surface area contributed by atoms with Gasteiger partial charge in [0.1, 0.15) is 10.8 Å². The molecule has 2 rings (SSSR count). The van der Waals surface area contributed by atoms with Gasteiger partial charge in [0.15, 0.2) is 5.78 Å². The summed E-state index contributed by atoms with van der Waals surface area (Å²) in [6.45, 7) is 1.89. The lowest BCUT2D eigenvalue weighted by molar-refractivity contribution is 0.0992. The molecule has 1 aromatic heterocycles. The third-order valence-corrected chi connectivity index (χ3v) is 3.83. The van der Waals surface area contributed by atoms with Crippen LogP contribution in [0.5, 0.6) is 0 Å². The van der Waals surface area contributed by atoms with E-state index in [4.69, 9.17) is 0 Å². The highest BCUT2D eigenvalue weighted by molar-refractivity contribution is 9.10. The van der Waals surface area contributed by atoms with Crippen LogP contribution in [-0.4, -0.2) is 10.8 Å². The number of halogens is 2. The molecule has 0 amide bonds. The first-order valence-electron chi connectivity index (χ1n) is 4.95. The van der Waals surface area contributed by atoms with Crippen LogP contribution < -0.4 is 0 Å². The van der Waals surface area contributed by atoms with E-state index in [0.29, 0.717) is 10.0 Å². The standard InChI is InChI=1S/C12H9BrFNOS/c1-7-6-17-12(15-7)5-11(16)9-3-2-8(14)4-10(9)13/h2-4,6H,5H2,1H3. The van der Waals surface area contributed by atoms with Crippen LogP contribution in [0.1, 0.15) is 21.1 Å². The van der Waals surface area contributed by atoms with E-state index in [1.165, 1.54) is 29.5 Å². The SMILES string of the molecule is Cc1csc(CC(=O)c2ccc(F)cc2Br)n1. The number of thiazole rings is 1. The number of hydrogen-bond acceptors (Lipinski definition) is 3. The molecule has 1 aromatic carbocycles. The summed E-state index contributed by atoms with van der Waals surface area (Å²) in [5, 5.41) is 2.69. The first-order valence-corrected chi connectivity index (χ1v) is 6.63. The van der Waals surface area contributed by atoms with E-state index in [2.05, 4.69) is 20.9 Å². The van der Waals surface area contributed by atoms with Gasteiger partial charge in [0, 0.05) is 21.1 Å². The second kappa shape index (κ2) is 5.06. The van der Waals surface area contributed by atoms with E-state index >= 15 is 0 Å². The third kappa shape index (κ3) is 2.98. The molecule has 0 aliphatic carbocycles. The Kier molecular flexibility index (Phi) is 3.69. The second-order valence-electron chi connectivity index (χ2n) is 3.61. The Morgan fingerprint density at radius 1 is 1.53 bits per heavy atom. The molecule has 0 spiro atoms. The largest absolute Gasteiger partial charge is 0.294 e. The molecular formula is C12H9BrFNOS. The molecule has 0 fully saturated rings. The number of aromatic nitrogens is 1. The molecule has 1 heterocycles. The van der Waals surface area contributed by atoms with Crippen molar-refractivity contribution in [3.8, 4) is 0 Å². The first kappa shape index (κ1) is 12.4. The topological polar surface area (TPSA) is 30.0 Å². The summed E-state index contributed by atoms with van der Waals surface area (Å²) in [4.78, 5) is 16.2. The van der Waals surface area contributed by atoms with Gasteiger partial charge in [0.05, 0.1) is 6.42 Å². The summed E-state index contributed by atoms with van der Waals surface area (Å²) >= 11 is 4.65. The van der Waals surface area contributed by atoms with Gasteiger partial charge in [-0.25, -0.2) is 9.37 Å². The van der Waals surface area contributed by atoms with Gasteiger partial charge in [-0.05, 0) is 41.1 Å². The van der Waals surface area contributed by atoms with Gasteiger partial charge < -0.3 is 0 Å². The minimum Gasteiger partial charge on any atom is -0.294 e. The quantitative estimate of drug-likeness (QED) is 0.807. The zero-order valence-corrected chi connectivity index (χ0v) is 11.4. The van der Waals surface area contributed by atoms with Crippen molar-refractivity contribution in [3.05, 3.63) is 50.1 Å². The summed E-state index contributed by atoms with van der Waals surface area (Å²) in [6, 6.07) is 4.06. The highest BCUT2D eigenvalue weighted by Crippen LogP contribution is 2.20. The van der Waals surface area contributed by atoms with Crippen molar-refractivity contribution in [1.29, 1.82) is 0 Å². The summed E-state index contributed by atoms with van der Waals surface area (Å²) in [6.07, 6.45) is 0.253. The van der Waals surface area contributed by atoms with Crippen molar-refractivity contribution in [2.24, 2.45) is 0 Å². The molecule has 0 saturated heterocycles. The van der Waals surface area contributed by atoms with E-state index in [1.54, 1.807) is 0 Å². The highest BCUT2D eigenvalue weighted by atomic mass is 79.9. The van der Waals surface area contributed by atoms with Crippen LogP contribution in [-0.2, 0) is 6.42 Å². The number of benzene rings is 1. The van der Waals surface area contributed by atoms with Crippen molar-refractivity contribution in [1.82, 2.24) is 4.98 Å². The lowest BCUT2D eigenvalue weighted by Crippen LogP contribution is -2.04. The molecule has 0 bridgehead atoms. The summed E-state index contributed by atoms with van der Waals surface area (Å²) < 4.78 is 13.4. The van der Waals surface area contributed by atoms with Crippen LogP contribution in [0.2, 0.25) is 0 Å². The molecule has 0 saturated carbocycles. The van der Waals surface area contributed by atoms with Gasteiger partial charge in [-0.3, -0.25) is 4.79 Å². The Labute approximate surface area is 111 Å². The van der Waals surface area contributed by atoms with Gasteiger partial charge >= 0.3 is 0 Å². The number of nitrogens with zero attached hydrogens (tertiary/aromatic N) is 1. The number of aryl methyl sites for hydroxylation is 1. The maximum absolute atomic E-state index is 12.9. The first-order chi connectivity index (χ1) is 8.06. The Balaban J connectivity index is 2.20. The van der Waals surface area contributed by atoms with Crippen LogP contribution in [0, 0.1) is 12.7 Å². The number of ketones is 1. The van der Waals surface area contributed by atoms with Gasteiger partial charge in [0.2, 0.25) is 0 Å². The molecule has 88 valence electrons. The van der Waals surface area contributed by atoms with Gasteiger partial charge in [-0.2, -0.15) is 0 Å². The lowest BCUT2D eigenvalue weighted by atomic mass is 10.1. The normalized spacial score (nSPS) is 10.5. The number of Topliss-reactive ketones (excluding diaryl/α,β-unsaturated/α-hetero) is 1. The van der Waals surface area contributed by atoms with Crippen LogP contribution in [0.15, 0.2) is 28.1 Å². The molecular weight excluding hydrogens is 305 g/mol. The number of carbonyl (C=O) groups excluding carboxylic acids is 1. The molecule has 0 unspecified atom stereocenters. The lowest BCUT2D eigenvalue weighted by Gasteiger charge is -2.02. The van der Waals surface area contributed by atoms with Crippen LogP contribution >= 0.6 is 27.3 Å². The third-order valence-electron chi connectivity index (χ3n) is 2.21. The molecule has 17 heavy (non-hydrogen) atoms. The van der Waals surface area contributed by atoms with E-state index < -0.39 is 0 Å². The fourth-order valence-corrected chi connectivity index (χ4v) is 2.77. The summed E-state index contributed by atoms with van der Waals surface area (Å²) in [7, 11) is 0. The Morgan fingerprint density at radius 3 is 2.88 bits per heavy atom. The monoisotopic (exact) mass is 313 g/mol. The van der Waals surface area contributed by atoms with E-state index in [9.17, 15) is 9.18 Å². The summed E-state index contributed by atoms with van der Waals surface area (Å²) in [5.41, 5.74) is 1.40. The predicted octanol–water partition coefficient (Wildman–Crippen LogP) is 3.78. The minimum atomic E-state index is -0.362. The molecule has 0 N–H and O–H groups in total. The van der Waals surface area contributed by atoms with Crippen molar-refractivity contribution in [2.45, 2.75) is 13.3 Å². The molecule has 2 nitrogen and oxygen atoms in total. The summed E-state index contributed by atoms with van der Waals surface area (Å²) in [5.74, 6) is -0.426. The van der Waals surface area contributed by atoms with Crippen molar-refractivity contribution in [3.63, 3.8) is 0 Å². The minimum absolute atomic E-state index is 0.0637. The maximum atomic E-state index is 12.9. The zero-order chi connectivity index (χ0) is 12.4. The zero-order valence-electron chi connectivity index (χ0n) is 9.04. The predicted molar refractivity (Wildman–Crippen MR) is 69.0 cm³/mol. The van der Waals surface area contributed by atoms with Gasteiger partial charge in [0.25, 0.3) is 0 Å². The Morgan fingerprint density at radius 2 is 2.29 bits per heavy atom. The molecule has 5 heteroatoms. The molecule has 0 radical (unpaired) electrons. The van der Waals surface area contributed by atoms with Crippen molar-refractivity contribution in [2.75, 3.05) is 0 Å². The van der Waals surface area contributed by atoms with E-state index in [0.717, 1.165) is 10.7 Å².